The van der Waals surface area contributed by atoms with Gasteiger partial charge in [-0.1, -0.05) is 35.9 Å². The van der Waals surface area contributed by atoms with Gasteiger partial charge < -0.3 is 4.90 Å². The fraction of sp³-hybridized carbons (Fsp3) is 0.435. The van der Waals surface area contributed by atoms with Crippen LogP contribution in [0, 0.1) is 18.8 Å². The van der Waals surface area contributed by atoms with Crippen LogP contribution in [0.5, 0.6) is 0 Å². The van der Waals surface area contributed by atoms with Gasteiger partial charge in [0.05, 0.1) is 10.9 Å². The third-order valence-electron chi connectivity index (χ3n) is 6.79. The molecule has 4 fully saturated rings. The largest absolute Gasteiger partial charge is 0.330 e. The van der Waals surface area contributed by atoms with Gasteiger partial charge in [-0.15, -0.1) is 0 Å². The van der Waals surface area contributed by atoms with Gasteiger partial charge in [-0.05, 0) is 68.7 Å². The van der Waals surface area contributed by atoms with Crippen LogP contribution in [-0.4, -0.2) is 37.4 Å². The first-order valence-electron chi connectivity index (χ1n) is 10.3. The van der Waals surface area contributed by atoms with E-state index in [2.05, 4.69) is 0 Å². The zero-order valence-electron chi connectivity index (χ0n) is 16.4. The molecule has 4 bridgehead atoms. The van der Waals surface area contributed by atoms with E-state index < -0.39 is 16.2 Å². The zero-order valence-corrected chi connectivity index (χ0v) is 17.2. The van der Waals surface area contributed by atoms with E-state index in [4.69, 9.17) is 4.18 Å². The molecule has 0 radical (unpaired) electrons. The molecular weight excluding hydrogens is 386 g/mol. The topological polar surface area (TPSA) is 63.7 Å². The first-order chi connectivity index (χ1) is 13.9. The Kier molecular flexibility index (Phi) is 4.51. The molecule has 0 spiro atoms. The summed E-state index contributed by atoms with van der Waals surface area (Å²) in [5.74, 6) is 0.740. The van der Waals surface area contributed by atoms with E-state index >= 15 is 0 Å². The van der Waals surface area contributed by atoms with Crippen molar-refractivity contribution in [3.63, 3.8) is 0 Å². The molecule has 4 aliphatic rings. The van der Waals surface area contributed by atoms with Gasteiger partial charge in [0, 0.05) is 11.6 Å². The second-order valence-corrected chi connectivity index (χ2v) is 10.3. The van der Waals surface area contributed by atoms with Gasteiger partial charge in [-0.25, -0.2) is 0 Å². The third-order valence-corrected chi connectivity index (χ3v) is 8.11. The van der Waals surface area contributed by atoms with E-state index in [1.807, 2.05) is 42.2 Å². The van der Waals surface area contributed by atoms with E-state index in [0.29, 0.717) is 11.5 Å². The summed E-state index contributed by atoms with van der Waals surface area (Å²) in [6.07, 6.45) is 3.18. The molecule has 5 nitrogen and oxygen atoms in total. The van der Waals surface area contributed by atoms with Crippen molar-refractivity contribution in [1.82, 2.24) is 4.90 Å². The fourth-order valence-corrected chi connectivity index (χ4v) is 6.73. The van der Waals surface area contributed by atoms with Crippen LogP contribution < -0.4 is 0 Å². The maximum Gasteiger partial charge on any atom is 0.297 e. The smallest absolute Gasteiger partial charge is 0.297 e. The summed E-state index contributed by atoms with van der Waals surface area (Å²) in [5, 5.41) is 0. The maximum atomic E-state index is 13.3. The molecule has 2 saturated heterocycles. The van der Waals surface area contributed by atoms with E-state index in [0.717, 1.165) is 31.2 Å². The number of aryl methyl sites for hydroxylation is 1. The average molecular weight is 412 g/mol. The standard InChI is InChI=1S/C23H25NO4S/c1-15-7-9-20(10-8-15)29(26,27)28-22-18-11-16-12-19(14-18)24(21(22)13-16)23(25)17-5-3-2-4-6-17/h2-10,16,18-19,21-22H,11-14H2,1H3/t16?,18?,19-,21+,22?/m1/s1. The van der Waals surface area contributed by atoms with Crippen molar-refractivity contribution in [3.8, 4) is 0 Å². The monoisotopic (exact) mass is 411 g/mol. The quantitative estimate of drug-likeness (QED) is 0.719. The van der Waals surface area contributed by atoms with Crippen molar-refractivity contribution in [2.45, 2.75) is 55.7 Å². The Hall–Kier alpha value is -2.18. The summed E-state index contributed by atoms with van der Waals surface area (Å²) in [6.45, 7) is 1.92. The SMILES string of the molecule is Cc1ccc(S(=O)(=O)OC2C3CC4C[C@H](C3)N(C(=O)c3ccccc3)[C@H]2C4)cc1. The van der Waals surface area contributed by atoms with Crippen LogP contribution in [0.25, 0.3) is 0 Å². The van der Waals surface area contributed by atoms with Crippen LogP contribution in [0.15, 0.2) is 59.5 Å². The number of hydrogen-bond donors (Lipinski definition) is 0. The lowest BCUT2D eigenvalue weighted by Gasteiger charge is -2.59. The lowest BCUT2D eigenvalue weighted by molar-refractivity contribution is -0.108. The Labute approximate surface area is 171 Å². The molecule has 29 heavy (non-hydrogen) atoms. The minimum atomic E-state index is -3.87. The Balaban J connectivity index is 1.45. The van der Waals surface area contributed by atoms with Crippen molar-refractivity contribution in [2.75, 3.05) is 0 Å². The molecule has 3 unspecified atom stereocenters. The Bertz CT molecular complexity index is 1020. The lowest BCUT2D eigenvalue weighted by Crippen LogP contribution is -2.66. The average Bonchev–Trinajstić information content (AvgIpc) is 2.71. The summed E-state index contributed by atoms with van der Waals surface area (Å²) < 4.78 is 31.7. The zero-order chi connectivity index (χ0) is 20.2. The summed E-state index contributed by atoms with van der Waals surface area (Å²) in [7, 11) is -3.87. The number of benzene rings is 2. The number of rotatable bonds is 4. The Morgan fingerprint density at radius 3 is 2.41 bits per heavy atom. The number of amides is 1. The molecule has 2 aliphatic carbocycles. The first kappa shape index (κ1) is 18.8. The Morgan fingerprint density at radius 2 is 1.69 bits per heavy atom. The van der Waals surface area contributed by atoms with Gasteiger partial charge in [0.1, 0.15) is 6.10 Å². The molecule has 5 atom stereocenters. The number of carbonyl (C=O) groups excluding carboxylic acids is 1. The van der Waals surface area contributed by atoms with Crippen molar-refractivity contribution >= 4 is 16.0 Å². The van der Waals surface area contributed by atoms with Crippen LogP contribution in [0.3, 0.4) is 0 Å². The van der Waals surface area contributed by atoms with Gasteiger partial charge in [-0.3, -0.25) is 8.98 Å². The highest BCUT2D eigenvalue weighted by molar-refractivity contribution is 7.86. The predicted octanol–water partition coefficient (Wildman–Crippen LogP) is 3.78. The molecule has 2 heterocycles. The van der Waals surface area contributed by atoms with Crippen LogP contribution in [-0.2, 0) is 14.3 Å². The second-order valence-electron chi connectivity index (χ2n) is 8.70. The number of piperidine rings is 2. The van der Waals surface area contributed by atoms with Gasteiger partial charge in [0.2, 0.25) is 0 Å². The summed E-state index contributed by atoms with van der Waals surface area (Å²) in [5.41, 5.74) is 1.65. The molecular formula is C23H25NO4S. The lowest BCUT2D eigenvalue weighted by atomic mass is 9.62. The molecule has 2 aromatic carbocycles. The fourth-order valence-electron chi connectivity index (χ4n) is 5.57. The minimum Gasteiger partial charge on any atom is -0.330 e. The number of nitrogens with zero attached hydrogens (tertiary/aromatic N) is 1. The molecule has 2 saturated carbocycles. The van der Waals surface area contributed by atoms with Crippen molar-refractivity contribution < 1.29 is 17.4 Å². The van der Waals surface area contributed by atoms with Crippen LogP contribution in [0.1, 0.15) is 41.6 Å². The van der Waals surface area contributed by atoms with Gasteiger partial charge in [0.15, 0.2) is 0 Å². The van der Waals surface area contributed by atoms with Crippen LogP contribution in [0.4, 0.5) is 0 Å². The highest BCUT2D eigenvalue weighted by Crippen LogP contribution is 2.51. The molecule has 6 rings (SSSR count). The molecule has 2 aliphatic heterocycles. The second kappa shape index (κ2) is 6.96. The summed E-state index contributed by atoms with van der Waals surface area (Å²) in [4.78, 5) is 15.4. The predicted molar refractivity (Wildman–Crippen MR) is 109 cm³/mol. The highest BCUT2D eigenvalue weighted by Gasteiger charge is 2.55. The van der Waals surface area contributed by atoms with Crippen LogP contribution in [0.2, 0.25) is 0 Å². The van der Waals surface area contributed by atoms with Crippen molar-refractivity contribution in [2.24, 2.45) is 11.8 Å². The van der Waals surface area contributed by atoms with Gasteiger partial charge in [0.25, 0.3) is 16.0 Å². The third kappa shape index (κ3) is 3.28. The van der Waals surface area contributed by atoms with Crippen molar-refractivity contribution in [1.29, 1.82) is 0 Å². The van der Waals surface area contributed by atoms with E-state index in [-0.39, 0.29) is 28.8 Å². The van der Waals surface area contributed by atoms with E-state index in [1.165, 1.54) is 0 Å². The Morgan fingerprint density at radius 1 is 0.966 bits per heavy atom. The van der Waals surface area contributed by atoms with Crippen LogP contribution >= 0.6 is 0 Å². The van der Waals surface area contributed by atoms with E-state index in [9.17, 15) is 13.2 Å². The first-order valence-corrected chi connectivity index (χ1v) is 11.7. The molecule has 6 heteroatoms. The highest BCUT2D eigenvalue weighted by atomic mass is 32.2. The summed E-state index contributed by atoms with van der Waals surface area (Å²) in [6, 6.07) is 16.0. The summed E-state index contributed by atoms with van der Waals surface area (Å²) >= 11 is 0. The molecule has 152 valence electrons. The van der Waals surface area contributed by atoms with Crippen molar-refractivity contribution in [3.05, 3.63) is 65.7 Å². The molecule has 0 N–H and O–H groups in total. The van der Waals surface area contributed by atoms with Gasteiger partial charge >= 0.3 is 0 Å². The minimum absolute atomic E-state index is 0.0132. The number of carbonyl (C=O) groups is 1. The molecule has 2 aromatic rings. The normalized spacial score (nSPS) is 30.5. The molecule has 1 amide bonds. The molecule has 0 aromatic heterocycles. The van der Waals surface area contributed by atoms with E-state index in [1.54, 1.807) is 24.3 Å². The maximum absolute atomic E-state index is 13.3. The van der Waals surface area contributed by atoms with Gasteiger partial charge in [-0.2, -0.15) is 8.42 Å². The number of hydrogen-bond acceptors (Lipinski definition) is 4.